The lowest BCUT2D eigenvalue weighted by atomic mass is 10.4. The smallest absolute Gasteiger partial charge is 0.131 e. The summed E-state index contributed by atoms with van der Waals surface area (Å²) in [7, 11) is 0. The average molecular weight is 230 g/mol. The van der Waals surface area contributed by atoms with Gasteiger partial charge in [0.15, 0.2) is 0 Å². The van der Waals surface area contributed by atoms with Crippen LogP contribution in [0.4, 0.5) is 0 Å². The Kier molecular flexibility index (Phi) is 3.93. The topological polar surface area (TPSA) is 17.1 Å². The Morgan fingerprint density at radius 1 is 1.71 bits per heavy atom. The number of hydrogen-bond donors (Lipinski definition) is 0. The molecule has 1 nitrogen and oxygen atoms in total. The van der Waals surface area contributed by atoms with E-state index in [2.05, 4.69) is 31.9 Å². The number of carbonyl (C=O) groups excluding carboxylic acids is 1. The van der Waals surface area contributed by atoms with Gasteiger partial charge in [0.25, 0.3) is 0 Å². The van der Waals surface area contributed by atoms with E-state index in [-0.39, 0.29) is 9.52 Å². The molecule has 0 aliphatic rings. The fourth-order valence-electron chi connectivity index (χ4n) is 0.217. The minimum absolute atomic E-state index is 0.150. The maximum atomic E-state index is 10.2. The Morgan fingerprint density at radius 2 is 2.14 bits per heavy atom. The monoisotopic (exact) mass is 228 g/mol. The molecule has 0 aliphatic heterocycles. The van der Waals surface area contributed by atoms with Crippen LogP contribution in [0.5, 0.6) is 0 Å². The summed E-state index contributed by atoms with van der Waals surface area (Å²) in [4.78, 5) is 10.2. The van der Waals surface area contributed by atoms with Gasteiger partial charge in [-0.1, -0.05) is 31.9 Å². The van der Waals surface area contributed by atoms with Gasteiger partial charge in [-0.3, -0.25) is 4.79 Å². The highest BCUT2D eigenvalue weighted by molar-refractivity contribution is 9.24. The maximum Gasteiger partial charge on any atom is 0.131 e. The second-order valence-corrected chi connectivity index (χ2v) is 4.74. The van der Waals surface area contributed by atoms with Crippen LogP contribution < -0.4 is 0 Å². The molecule has 3 heteroatoms. The van der Waals surface area contributed by atoms with Gasteiger partial charge in [0.2, 0.25) is 0 Å². The van der Waals surface area contributed by atoms with E-state index in [1.165, 1.54) is 0 Å². The number of ketones is 1. The molecule has 0 bridgehead atoms. The Morgan fingerprint density at radius 3 is 2.14 bits per heavy atom. The molecule has 0 fully saturated rings. The Hall–Kier alpha value is 0.630. The van der Waals surface area contributed by atoms with Crippen LogP contribution in [0.1, 0.15) is 13.3 Å². The van der Waals surface area contributed by atoms with Crippen molar-refractivity contribution in [2.75, 3.05) is 0 Å². The van der Waals surface area contributed by atoms with Gasteiger partial charge in [0.05, 0.1) is 3.74 Å². The third-order valence-corrected chi connectivity index (χ3v) is 1.09. The molecule has 0 saturated heterocycles. The quantitative estimate of drug-likeness (QED) is 0.663. The van der Waals surface area contributed by atoms with Crippen molar-refractivity contribution < 1.29 is 4.79 Å². The minimum atomic E-state index is 0.150. The van der Waals surface area contributed by atoms with Crippen LogP contribution in [-0.4, -0.2) is 9.52 Å². The molecule has 0 aromatic rings. The molecule has 0 heterocycles. The van der Waals surface area contributed by atoms with Crippen LogP contribution >= 0.6 is 31.9 Å². The summed E-state index contributed by atoms with van der Waals surface area (Å²) >= 11 is 6.34. The molecule has 0 aromatic heterocycles. The first-order valence-corrected chi connectivity index (χ1v) is 3.73. The summed E-state index contributed by atoms with van der Waals surface area (Å²) in [6, 6.07) is 0. The Labute approximate surface area is 59.7 Å². The zero-order valence-corrected chi connectivity index (χ0v) is 7.12. The van der Waals surface area contributed by atoms with Gasteiger partial charge in [-0.2, -0.15) is 0 Å². The largest absolute Gasteiger partial charge is 0.300 e. The predicted molar refractivity (Wildman–Crippen MR) is 36.9 cm³/mol. The Balaban J connectivity index is 3.13. The van der Waals surface area contributed by atoms with Crippen LogP contribution in [0.15, 0.2) is 0 Å². The van der Waals surface area contributed by atoms with Crippen LogP contribution in [0.25, 0.3) is 0 Å². The fourth-order valence-corrected chi connectivity index (χ4v) is 1.13. The molecule has 0 radical (unpaired) electrons. The van der Waals surface area contributed by atoms with Gasteiger partial charge in [-0.25, -0.2) is 0 Å². The summed E-state index contributed by atoms with van der Waals surface area (Å²) in [6.07, 6.45) is 0.556. The van der Waals surface area contributed by atoms with E-state index < -0.39 is 0 Å². The van der Waals surface area contributed by atoms with Crippen LogP contribution in [0.2, 0.25) is 0 Å². The van der Waals surface area contributed by atoms with Gasteiger partial charge in [0, 0.05) is 6.42 Å². The van der Waals surface area contributed by atoms with E-state index in [4.69, 9.17) is 0 Å². The highest BCUT2D eigenvalue weighted by Gasteiger charge is 1.99. The lowest BCUT2D eigenvalue weighted by Crippen LogP contribution is -1.94. The second-order valence-electron chi connectivity index (χ2n) is 1.30. The van der Waals surface area contributed by atoms with Crippen molar-refractivity contribution in [3.63, 3.8) is 0 Å². The molecular formula is C4H6Br2O. The zero-order valence-electron chi connectivity index (χ0n) is 3.95. The number of halogens is 2. The van der Waals surface area contributed by atoms with Crippen molar-refractivity contribution in [1.82, 2.24) is 0 Å². The van der Waals surface area contributed by atoms with Crippen LogP contribution in [-0.2, 0) is 4.79 Å². The average Bonchev–Trinajstić information content (AvgIpc) is 1.27. The van der Waals surface area contributed by atoms with Crippen molar-refractivity contribution in [2.24, 2.45) is 0 Å². The number of carbonyl (C=O) groups is 1. The highest BCUT2D eigenvalue weighted by atomic mass is 79.9. The van der Waals surface area contributed by atoms with E-state index >= 15 is 0 Å². The molecule has 0 saturated carbocycles. The fraction of sp³-hybridized carbons (Fsp3) is 0.750. The molecule has 0 aromatic carbocycles. The molecule has 0 unspecified atom stereocenters. The molecule has 0 atom stereocenters. The van der Waals surface area contributed by atoms with Gasteiger partial charge in [0.1, 0.15) is 5.78 Å². The minimum Gasteiger partial charge on any atom is -0.300 e. The standard InChI is InChI=1S/C4H6Br2O/c1-3(7)2-4(5)6/h4H,2H2,1H3. The molecule has 0 spiro atoms. The first-order chi connectivity index (χ1) is 3.13. The summed E-state index contributed by atoms with van der Waals surface area (Å²) < 4.78 is 0.150. The van der Waals surface area contributed by atoms with Crippen molar-refractivity contribution in [1.29, 1.82) is 0 Å². The van der Waals surface area contributed by atoms with Gasteiger partial charge < -0.3 is 0 Å². The number of hydrogen-bond acceptors (Lipinski definition) is 1. The van der Waals surface area contributed by atoms with Gasteiger partial charge in [-0.05, 0) is 6.92 Å². The first-order valence-electron chi connectivity index (χ1n) is 1.90. The van der Waals surface area contributed by atoms with E-state index in [1.807, 2.05) is 0 Å². The summed E-state index contributed by atoms with van der Waals surface area (Å²) in [5, 5.41) is 0. The lowest BCUT2D eigenvalue weighted by molar-refractivity contribution is -0.116. The van der Waals surface area contributed by atoms with Crippen LogP contribution in [0, 0.1) is 0 Å². The van der Waals surface area contributed by atoms with Crippen molar-refractivity contribution in [2.45, 2.75) is 17.1 Å². The third-order valence-electron chi connectivity index (χ3n) is 0.442. The second kappa shape index (κ2) is 3.61. The van der Waals surface area contributed by atoms with Gasteiger partial charge in [-0.15, -0.1) is 0 Å². The number of rotatable bonds is 2. The molecular weight excluding hydrogens is 224 g/mol. The Bertz CT molecular complexity index is 70.1. The van der Waals surface area contributed by atoms with E-state index in [0.717, 1.165) is 0 Å². The highest BCUT2D eigenvalue weighted by Crippen LogP contribution is 2.11. The summed E-state index contributed by atoms with van der Waals surface area (Å²) in [5.74, 6) is 0.193. The zero-order chi connectivity index (χ0) is 5.86. The number of alkyl halides is 2. The summed E-state index contributed by atoms with van der Waals surface area (Å²) in [6.45, 7) is 1.56. The molecule has 0 aliphatic carbocycles. The third kappa shape index (κ3) is 6.63. The first kappa shape index (κ1) is 7.63. The number of Topliss-reactive ketones (excluding diaryl/α,β-unsaturated/α-hetero) is 1. The normalized spacial score (nSPS) is 9.71. The molecule has 0 amide bonds. The van der Waals surface area contributed by atoms with E-state index in [1.54, 1.807) is 6.92 Å². The van der Waals surface area contributed by atoms with Crippen molar-refractivity contribution in [3.8, 4) is 0 Å². The molecule has 0 N–H and O–H groups in total. The van der Waals surface area contributed by atoms with Crippen LogP contribution in [0.3, 0.4) is 0 Å². The van der Waals surface area contributed by atoms with Crippen molar-refractivity contribution >= 4 is 37.6 Å². The summed E-state index contributed by atoms with van der Waals surface area (Å²) in [5.41, 5.74) is 0. The molecule has 0 rings (SSSR count). The van der Waals surface area contributed by atoms with Crippen molar-refractivity contribution in [3.05, 3.63) is 0 Å². The van der Waals surface area contributed by atoms with Gasteiger partial charge >= 0.3 is 0 Å². The lowest BCUT2D eigenvalue weighted by Gasteiger charge is -1.91. The van der Waals surface area contributed by atoms with E-state index in [9.17, 15) is 4.79 Å². The predicted octanol–water partition coefficient (Wildman–Crippen LogP) is 2.08. The SMILES string of the molecule is CC(=O)CC(Br)Br. The maximum absolute atomic E-state index is 10.2. The van der Waals surface area contributed by atoms with E-state index in [0.29, 0.717) is 6.42 Å². The molecule has 42 valence electrons. The molecule has 7 heavy (non-hydrogen) atoms.